The Morgan fingerprint density at radius 2 is 2.05 bits per heavy atom. The number of benzene rings is 1. The van der Waals surface area contributed by atoms with E-state index in [9.17, 15) is 4.39 Å². The summed E-state index contributed by atoms with van der Waals surface area (Å²) in [6.07, 6.45) is 6.45. The highest BCUT2D eigenvalue weighted by Gasteiger charge is 2.31. The van der Waals surface area contributed by atoms with Gasteiger partial charge in [-0.05, 0) is 37.3 Å². The van der Waals surface area contributed by atoms with Crippen LogP contribution in [0.15, 0.2) is 18.2 Å². The van der Waals surface area contributed by atoms with Crippen molar-refractivity contribution in [2.24, 2.45) is 5.92 Å². The number of nitrogens with one attached hydrogen (secondary N) is 1. The van der Waals surface area contributed by atoms with Crippen molar-refractivity contribution in [1.82, 2.24) is 9.78 Å². The van der Waals surface area contributed by atoms with Crippen molar-refractivity contribution in [1.29, 1.82) is 0 Å². The predicted octanol–water partition coefficient (Wildman–Crippen LogP) is 3.72. The van der Waals surface area contributed by atoms with E-state index in [2.05, 4.69) is 15.1 Å². The van der Waals surface area contributed by atoms with Gasteiger partial charge in [0, 0.05) is 18.0 Å². The van der Waals surface area contributed by atoms with Crippen LogP contribution in [0.25, 0.3) is 10.9 Å². The zero-order chi connectivity index (χ0) is 12.8. The Kier molecular flexibility index (Phi) is 2.50. The summed E-state index contributed by atoms with van der Waals surface area (Å²) in [5, 5.41) is 9.14. The third kappa shape index (κ3) is 1.73. The molecule has 3 nitrogen and oxygen atoms in total. The van der Waals surface area contributed by atoms with Crippen LogP contribution in [0.3, 0.4) is 0 Å². The molecular weight excluding hydrogens is 241 g/mol. The Balaban J connectivity index is 1.83. The van der Waals surface area contributed by atoms with Gasteiger partial charge in [0.2, 0.25) is 0 Å². The molecule has 1 N–H and O–H groups in total. The smallest absolute Gasteiger partial charge is 0.132 e. The molecule has 0 bridgehead atoms. The molecule has 2 aromatic rings. The molecule has 100 valence electrons. The van der Waals surface area contributed by atoms with Crippen molar-refractivity contribution in [3.05, 3.63) is 24.0 Å². The molecule has 4 rings (SSSR count). The maximum Gasteiger partial charge on any atom is 0.132 e. The van der Waals surface area contributed by atoms with Crippen molar-refractivity contribution < 1.29 is 4.39 Å². The van der Waals surface area contributed by atoms with Crippen molar-refractivity contribution in [2.45, 2.75) is 38.1 Å². The third-order valence-corrected chi connectivity index (χ3v) is 4.65. The quantitative estimate of drug-likeness (QED) is 0.845. The zero-order valence-corrected chi connectivity index (χ0v) is 10.9. The molecular formula is C15H18FN3. The lowest BCUT2D eigenvalue weighted by molar-refractivity contribution is 0.292. The molecule has 1 fully saturated rings. The first-order valence-corrected chi connectivity index (χ1v) is 7.24. The molecule has 1 atom stereocenters. The summed E-state index contributed by atoms with van der Waals surface area (Å²) >= 11 is 0. The van der Waals surface area contributed by atoms with Crippen LogP contribution < -0.4 is 5.32 Å². The van der Waals surface area contributed by atoms with E-state index in [1.54, 1.807) is 0 Å². The second-order valence-electron chi connectivity index (χ2n) is 5.78. The van der Waals surface area contributed by atoms with Gasteiger partial charge in [0.05, 0.1) is 11.6 Å². The van der Waals surface area contributed by atoms with E-state index in [0.29, 0.717) is 6.04 Å². The maximum absolute atomic E-state index is 13.3. The highest BCUT2D eigenvalue weighted by Crippen LogP contribution is 2.41. The van der Waals surface area contributed by atoms with Crippen LogP contribution in [0, 0.1) is 11.7 Å². The Morgan fingerprint density at radius 3 is 2.89 bits per heavy atom. The summed E-state index contributed by atoms with van der Waals surface area (Å²) in [5.74, 6) is 1.62. The van der Waals surface area contributed by atoms with Crippen LogP contribution in [0.5, 0.6) is 0 Å². The van der Waals surface area contributed by atoms with Crippen molar-refractivity contribution >= 4 is 16.7 Å². The molecule has 4 heteroatoms. The second kappa shape index (κ2) is 4.22. The lowest BCUT2D eigenvalue weighted by Gasteiger charge is -2.30. The molecule has 1 aromatic carbocycles. The van der Waals surface area contributed by atoms with E-state index in [1.165, 1.54) is 37.8 Å². The van der Waals surface area contributed by atoms with E-state index in [-0.39, 0.29) is 5.82 Å². The fourth-order valence-electron chi connectivity index (χ4n) is 3.73. The molecule has 1 aliphatic heterocycles. The highest BCUT2D eigenvalue weighted by molar-refractivity contribution is 5.90. The fraction of sp³-hybridized carbons (Fsp3) is 0.533. The van der Waals surface area contributed by atoms with Crippen LogP contribution in [0.1, 0.15) is 38.1 Å². The lowest BCUT2D eigenvalue weighted by atomic mass is 9.94. The van der Waals surface area contributed by atoms with Gasteiger partial charge in [-0.3, -0.25) is 0 Å². The number of hydrogen-bond donors (Lipinski definition) is 1. The molecule has 1 aromatic heterocycles. The molecule has 1 saturated carbocycles. The van der Waals surface area contributed by atoms with Crippen LogP contribution in [-0.4, -0.2) is 16.3 Å². The first-order valence-electron chi connectivity index (χ1n) is 7.24. The number of halogens is 1. The number of anilines is 1. The Bertz CT molecular complexity index is 613. The van der Waals surface area contributed by atoms with E-state index in [4.69, 9.17) is 0 Å². The van der Waals surface area contributed by atoms with Crippen LogP contribution in [-0.2, 0) is 0 Å². The molecule has 1 aliphatic carbocycles. The largest absolute Gasteiger partial charge is 0.370 e. The van der Waals surface area contributed by atoms with Gasteiger partial charge in [-0.1, -0.05) is 12.8 Å². The summed E-state index contributed by atoms with van der Waals surface area (Å²) in [6, 6.07) is 5.39. The molecule has 0 spiro atoms. The van der Waals surface area contributed by atoms with Gasteiger partial charge in [-0.2, -0.15) is 5.10 Å². The van der Waals surface area contributed by atoms with E-state index < -0.39 is 0 Å². The summed E-state index contributed by atoms with van der Waals surface area (Å²) in [5.41, 5.74) is 0.771. The van der Waals surface area contributed by atoms with Gasteiger partial charge >= 0.3 is 0 Å². The summed E-state index contributed by atoms with van der Waals surface area (Å²) < 4.78 is 15.5. The Hall–Kier alpha value is -1.58. The number of rotatable bonds is 1. The summed E-state index contributed by atoms with van der Waals surface area (Å²) in [4.78, 5) is 0. The zero-order valence-electron chi connectivity index (χ0n) is 10.9. The van der Waals surface area contributed by atoms with Crippen LogP contribution in [0.2, 0.25) is 0 Å². The van der Waals surface area contributed by atoms with Crippen molar-refractivity contribution in [3.63, 3.8) is 0 Å². The van der Waals surface area contributed by atoms with Crippen molar-refractivity contribution in [2.75, 3.05) is 11.9 Å². The summed E-state index contributed by atoms with van der Waals surface area (Å²) in [6.45, 7) is 0.999. The lowest BCUT2D eigenvalue weighted by Crippen LogP contribution is -2.28. The van der Waals surface area contributed by atoms with E-state index in [1.807, 2.05) is 6.07 Å². The van der Waals surface area contributed by atoms with Gasteiger partial charge in [0.1, 0.15) is 11.6 Å². The minimum atomic E-state index is -0.208. The van der Waals surface area contributed by atoms with Gasteiger partial charge in [-0.25, -0.2) is 9.07 Å². The normalized spacial score (nSPS) is 23.5. The van der Waals surface area contributed by atoms with Gasteiger partial charge in [0.25, 0.3) is 0 Å². The Morgan fingerprint density at radius 1 is 1.21 bits per heavy atom. The average molecular weight is 259 g/mol. The molecule has 0 amide bonds. The number of aromatic nitrogens is 2. The highest BCUT2D eigenvalue weighted by atomic mass is 19.1. The first kappa shape index (κ1) is 11.3. The predicted molar refractivity (Wildman–Crippen MR) is 73.8 cm³/mol. The van der Waals surface area contributed by atoms with Crippen molar-refractivity contribution in [3.8, 4) is 0 Å². The number of hydrogen-bond acceptors (Lipinski definition) is 2. The van der Waals surface area contributed by atoms with Gasteiger partial charge in [0.15, 0.2) is 0 Å². The molecule has 2 heterocycles. The SMILES string of the molecule is Fc1ccc2c3n(nc2c1)C(C1CCCC1)CCN3. The molecule has 1 unspecified atom stereocenters. The third-order valence-electron chi connectivity index (χ3n) is 4.65. The van der Waals surface area contributed by atoms with Gasteiger partial charge in [-0.15, -0.1) is 0 Å². The number of fused-ring (bicyclic) bond motifs is 3. The first-order chi connectivity index (χ1) is 9.33. The monoisotopic (exact) mass is 259 g/mol. The van der Waals surface area contributed by atoms with Gasteiger partial charge < -0.3 is 5.32 Å². The molecule has 19 heavy (non-hydrogen) atoms. The fourth-order valence-corrected chi connectivity index (χ4v) is 3.73. The Labute approximate surface area is 111 Å². The topological polar surface area (TPSA) is 29.9 Å². The molecule has 0 radical (unpaired) electrons. The minimum Gasteiger partial charge on any atom is -0.370 e. The molecule has 0 saturated heterocycles. The standard InChI is InChI=1S/C15H18FN3/c16-11-5-6-12-13(9-11)18-19-14(7-8-17-15(12)19)10-3-1-2-4-10/h5-6,9-10,14,17H,1-4,7-8H2. The summed E-state index contributed by atoms with van der Waals surface area (Å²) in [7, 11) is 0. The van der Waals surface area contributed by atoms with E-state index in [0.717, 1.165) is 35.6 Å². The second-order valence-corrected chi connectivity index (χ2v) is 5.78. The van der Waals surface area contributed by atoms with E-state index >= 15 is 0 Å². The maximum atomic E-state index is 13.3. The minimum absolute atomic E-state index is 0.208. The van der Waals surface area contributed by atoms with Crippen LogP contribution in [0.4, 0.5) is 10.2 Å². The number of nitrogens with zero attached hydrogens (tertiary/aromatic N) is 2. The van der Waals surface area contributed by atoms with Crippen LogP contribution >= 0.6 is 0 Å². The molecule has 2 aliphatic rings. The average Bonchev–Trinajstić information content (AvgIpc) is 3.04.